The fraction of sp³-hybridized carbons (Fsp3) is 0.267. The van der Waals surface area contributed by atoms with Crippen molar-refractivity contribution in [2.45, 2.75) is 40.7 Å². The van der Waals surface area contributed by atoms with Crippen molar-refractivity contribution in [1.29, 1.82) is 0 Å². The largest absolute Gasteiger partial charge is 0.748 e. The van der Waals surface area contributed by atoms with Gasteiger partial charge in [0.05, 0.1) is 0 Å². The fourth-order valence-electron chi connectivity index (χ4n) is 4.17. The normalized spacial score (nSPS) is 11.7. The molecule has 0 unspecified atom stereocenters. The number of hydrogen-bond acceptors (Lipinski definition) is 1. The van der Waals surface area contributed by atoms with Gasteiger partial charge in [0.15, 0.2) is 0 Å². The van der Waals surface area contributed by atoms with E-state index in [9.17, 15) is 0 Å². The van der Waals surface area contributed by atoms with Crippen LogP contribution in [0.4, 0.5) is 0 Å². The Balaban J connectivity index is 0.000000568. The third-order valence-electron chi connectivity index (χ3n) is 5.78. The van der Waals surface area contributed by atoms with Crippen LogP contribution in [0.3, 0.4) is 0 Å². The van der Waals surface area contributed by atoms with Crippen LogP contribution in [0.1, 0.15) is 40.8 Å². The zero-order valence-corrected chi connectivity index (χ0v) is 22.9. The van der Waals surface area contributed by atoms with Gasteiger partial charge in [0.25, 0.3) is 0 Å². The summed E-state index contributed by atoms with van der Waals surface area (Å²) >= 11 is 0. The van der Waals surface area contributed by atoms with E-state index in [4.69, 9.17) is 0 Å². The van der Waals surface area contributed by atoms with Crippen LogP contribution in [-0.2, 0) is 17.1 Å². The fourth-order valence-corrected chi connectivity index (χ4v) is 7.11. The van der Waals surface area contributed by atoms with E-state index in [1.807, 2.05) is 30.3 Å². The van der Waals surface area contributed by atoms with Gasteiger partial charge in [-0.1, -0.05) is 66.6 Å². The summed E-state index contributed by atoms with van der Waals surface area (Å²) in [7, 11) is 3.75. The summed E-state index contributed by atoms with van der Waals surface area (Å²) in [5, 5.41) is 4.39. The SMILES string of the molecule is Cc1cc(C)cc(P(c2cc(C)cc(C)c2)[c-]2cccc2[C@H](C)N(C)C)c1.[Fe].[cH-]1[cH-][cH-][cH-][cH-]1. The van der Waals surface area contributed by atoms with Crippen LogP contribution < -0.4 is 15.9 Å². The van der Waals surface area contributed by atoms with Crippen LogP contribution >= 0.6 is 7.92 Å². The van der Waals surface area contributed by atoms with Crippen LogP contribution in [0, 0.1) is 27.7 Å². The predicted octanol–water partition coefficient (Wildman–Crippen LogP) is 6.42. The molecule has 0 N–H and O–H groups in total. The first-order valence-corrected chi connectivity index (χ1v) is 12.7. The molecule has 3 heteroatoms. The molecule has 180 valence electrons. The van der Waals surface area contributed by atoms with Crippen molar-refractivity contribution < 1.29 is 17.1 Å². The van der Waals surface area contributed by atoms with E-state index in [0.29, 0.717) is 6.04 Å². The van der Waals surface area contributed by atoms with Crippen LogP contribution in [0.5, 0.6) is 0 Å². The molecule has 33 heavy (non-hydrogen) atoms. The standard InChI is InChI=1S/C25H31NP.C5H5.Fe/c1-17-11-18(2)14-22(13-17)27(23-15-19(3)12-20(4)16-23)25-10-8-9-24(25)21(5)26(6)7;1-2-4-5-3-1;/h8-16,21H,1-7H3;1-5H;/q-1;-5;/t21-;;/m0../s1. The Kier molecular flexibility index (Phi) is 10.3. The van der Waals surface area contributed by atoms with Crippen LogP contribution in [0.15, 0.2) is 84.9 Å². The zero-order chi connectivity index (χ0) is 23.3. The average molecular weight is 497 g/mol. The van der Waals surface area contributed by atoms with Crippen molar-refractivity contribution in [3.63, 3.8) is 0 Å². The van der Waals surface area contributed by atoms with Gasteiger partial charge in [0.2, 0.25) is 0 Å². The Hall–Kier alpha value is -1.95. The summed E-state index contributed by atoms with van der Waals surface area (Å²) in [6.45, 7) is 11.1. The van der Waals surface area contributed by atoms with E-state index in [1.165, 1.54) is 43.7 Å². The van der Waals surface area contributed by atoms with Gasteiger partial charge >= 0.3 is 0 Å². The molecule has 4 aromatic rings. The molecule has 0 aromatic heterocycles. The van der Waals surface area contributed by atoms with Crippen LogP contribution in [-0.4, -0.2) is 19.0 Å². The van der Waals surface area contributed by atoms with Crippen molar-refractivity contribution >= 4 is 23.8 Å². The molecule has 0 fully saturated rings. The monoisotopic (exact) mass is 497 g/mol. The number of benzene rings is 2. The van der Waals surface area contributed by atoms with Gasteiger partial charge in [0.1, 0.15) is 0 Å². The number of aryl methyl sites for hydroxylation is 4. The smallest absolute Gasteiger partial charge is 0.00894 e. The molecule has 4 rings (SSSR count). The minimum Gasteiger partial charge on any atom is -0.748 e. The van der Waals surface area contributed by atoms with Gasteiger partial charge in [-0.05, 0) is 59.3 Å². The summed E-state index contributed by atoms with van der Waals surface area (Å²) in [6.07, 6.45) is 0. The molecule has 0 aliphatic carbocycles. The minimum absolute atomic E-state index is 0. The Morgan fingerprint density at radius 1 is 0.727 bits per heavy atom. The van der Waals surface area contributed by atoms with E-state index in [0.717, 1.165) is 0 Å². The molecular weight excluding hydrogens is 461 g/mol. The molecule has 1 atom stereocenters. The molecule has 0 aliphatic rings. The van der Waals surface area contributed by atoms with E-state index in [2.05, 4.69) is 108 Å². The van der Waals surface area contributed by atoms with Gasteiger partial charge in [-0.15, -0.1) is 10.9 Å². The van der Waals surface area contributed by atoms with Gasteiger partial charge in [0, 0.05) is 23.1 Å². The molecule has 0 aliphatic heterocycles. The Morgan fingerprint density at radius 2 is 1.12 bits per heavy atom. The first-order valence-electron chi connectivity index (χ1n) is 11.3. The second kappa shape index (κ2) is 12.5. The first kappa shape index (κ1) is 27.3. The molecular formula is C30H36FeNP-6. The maximum Gasteiger partial charge on any atom is 0.00894 e. The number of nitrogens with zero attached hydrogens (tertiary/aromatic N) is 1. The number of rotatable bonds is 5. The molecule has 0 spiro atoms. The third-order valence-corrected chi connectivity index (χ3v) is 8.21. The maximum absolute atomic E-state index is 2.38. The van der Waals surface area contributed by atoms with Gasteiger partial charge in [-0.3, -0.25) is 0 Å². The minimum atomic E-state index is -0.578. The van der Waals surface area contributed by atoms with Crippen molar-refractivity contribution in [2.24, 2.45) is 0 Å². The molecule has 4 aromatic carbocycles. The molecule has 0 saturated carbocycles. The second-order valence-electron chi connectivity index (χ2n) is 9.00. The first-order chi connectivity index (χ1) is 15.3. The molecule has 0 bridgehead atoms. The predicted molar refractivity (Wildman–Crippen MR) is 144 cm³/mol. The van der Waals surface area contributed by atoms with Crippen LogP contribution in [0.25, 0.3) is 0 Å². The topological polar surface area (TPSA) is 3.24 Å². The van der Waals surface area contributed by atoms with E-state index in [1.54, 1.807) is 0 Å². The number of hydrogen-bond donors (Lipinski definition) is 0. The van der Waals surface area contributed by atoms with Crippen LogP contribution in [0.2, 0.25) is 0 Å². The van der Waals surface area contributed by atoms with Gasteiger partial charge in [-0.2, -0.15) is 6.07 Å². The van der Waals surface area contributed by atoms with Crippen molar-refractivity contribution in [3.8, 4) is 0 Å². The summed E-state index contributed by atoms with van der Waals surface area (Å²) in [4.78, 5) is 2.30. The second-order valence-corrected chi connectivity index (χ2v) is 11.2. The molecule has 1 nitrogen and oxygen atoms in total. The zero-order valence-electron chi connectivity index (χ0n) is 20.9. The van der Waals surface area contributed by atoms with E-state index >= 15 is 0 Å². The summed E-state index contributed by atoms with van der Waals surface area (Å²) < 4.78 is 0. The Morgan fingerprint density at radius 3 is 1.48 bits per heavy atom. The summed E-state index contributed by atoms with van der Waals surface area (Å²) in [5.41, 5.74) is 6.82. The summed E-state index contributed by atoms with van der Waals surface area (Å²) in [6, 6.07) is 31.3. The molecule has 0 heterocycles. The van der Waals surface area contributed by atoms with Gasteiger partial charge < -0.3 is 35.2 Å². The van der Waals surface area contributed by atoms with Crippen molar-refractivity contribution in [1.82, 2.24) is 4.90 Å². The van der Waals surface area contributed by atoms with Crippen molar-refractivity contribution in [2.75, 3.05) is 14.1 Å². The Labute approximate surface area is 212 Å². The van der Waals surface area contributed by atoms with E-state index in [-0.39, 0.29) is 17.1 Å². The molecule has 0 amide bonds. The third kappa shape index (κ3) is 7.26. The quantitative estimate of drug-likeness (QED) is 0.175. The molecule has 0 saturated heterocycles. The van der Waals surface area contributed by atoms with E-state index < -0.39 is 7.92 Å². The van der Waals surface area contributed by atoms with Crippen molar-refractivity contribution in [3.05, 3.63) is 113 Å². The van der Waals surface area contributed by atoms with Gasteiger partial charge in [-0.25, -0.2) is 12.1 Å². The molecule has 0 radical (unpaired) electrons. The Bertz CT molecular complexity index is 1010. The average Bonchev–Trinajstić information content (AvgIpc) is 3.41. The summed E-state index contributed by atoms with van der Waals surface area (Å²) in [5.74, 6) is 0. The maximum atomic E-state index is 2.38.